The fourth-order valence-corrected chi connectivity index (χ4v) is 2.83. The zero-order chi connectivity index (χ0) is 13.9. The SMILES string of the molecule is [SiH3]C#Cc1ccc2[c]c3cc(C#C[SiH3])ccc3[c]c2c1. The zero-order valence-corrected chi connectivity index (χ0v) is 15.5. The Balaban J connectivity index is 2.25. The molecule has 0 aliphatic heterocycles. The standard InChI is InChI=1S/C18H12Si2/c19-7-5-13-1-3-15-11-18-10-14(6-8-20)2-4-16(18)12-17(15)9-13/h1-4,9-10H,19-20H3. The van der Waals surface area contributed by atoms with E-state index in [-0.39, 0.29) is 0 Å². The third-order valence-corrected chi connectivity index (χ3v) is 3.62. The Labute approximate surface area is 125 Å². The molecule has 0 bridgehead atoms. The van der Waals surface area contributed by atoms with Gasteiger partial charge >= 0.3 is 0 Å². The summed E-state index contributed by atoms with van der Waals surface area (Å²) >= 11 is 0. The van der Waals surface area contributed by atoms with Crippen molar-refractivity contribution in [3.05, 3.63) is 59.7 Å². The molecule has 2 heteroatoms. The van der Waals surface area contributed by atoms with Gasteiger partial charge in [0.05, 0.1) is 20.5 Å². The molecule has 92 valence electrons. The normalized spacial score (nSPS) is 10.0. The first-order valence-electron chi connectivity index (χ1n) is 6.48. The molecule has 0 aliphatic carbocycles. The summed E-state index contributed by atoms with van der Waals surface area (Å²) in [5.41, 5.74) is 8.22. The smallest absolute Gasteiger partial charge is 0.0911 e. The Morgan fingerprint density at radius 2 is 1.10 bits per heavy atom. The van der Waals surface area contributed by atoms with Gasteiger partial charge in [0.25, 0.3) is 0 Å². The largest absolute Gasteiger partial charge is 0.138 e. The number of rotatable bonds is 0. The van der Waals surface area contributed by atoms with E-state index in [0.717, 1.165) is 53.2 Å². The van der Waals surface area contributed by atoms with Gasteiger partial charge in [-0.15, -0.1) is 11.1 Å². The Morgan fingerprint density at radius 1 is 0.650 bits per heavy atom. The molecule has 3 rings (SSSR count). The number of benzene rings is 3. The lowest BCUT2D eigenvalue weighted by molar-refractivity contribution is 1.68. The molecule has 0 aromatic heterocycles. The van der Waals surface area contributed by atoms with Crippen molar-refractivity contribution in [2.24, 2.45) is 0 Å². The average Bonchev–Trinajstić information content (AvgIpc) is 2.46. The number of hydrogen-bond acceptors (Lipinski definition) is 0. The summed E-state index contributed by atoms with van der Waals surface area (Å²) in [6, 6.07) is 19.3. The molecule has 0 nitrogen and oxygen atoms in total. The quantitative estimate of drug-likeness (QED) is 0.327. The molecule has 0 aliphatic rings. The fourth-order valence-electron chi connectivity index (χ4n) is 2.25. The number of fused-ring (bicyclic) bond motifs is 2. The average molecular weight is 284 g/mol. The third-order valence-electron chi connectivity index (χ3n) is 3.12. The summed E-state index contributed by atoms with van der Waals surface area (Å²) < 4.78 is 0. The van der Waals surface area contributed by atoms with Crippen LogP contribution in [0.4, 0.5) is 0 Å². The van der Waals surface area contributed by atoms with E-state index in [4.69, 9.17) is 0 Å². The van der Waals surface area contributed by atoms with Crippen molar-refractivity contribution in [2.45, 2.75) is 0 Å². The van der Waals surface area contributed by atoms with Crippen LogP contribution in [0.2, 0.25) is 0 Å². The van der Waals surface area contributed by atoms with Crippen molar-refractivity contribution in [2.75, 3.05) is 0 Å². The number of hydrogen-bond donors (Lipinski definition) is 0. The Bertz CT molecular complexity index is 852. The molecule has 0 heterocycles. The molecular weight excluding hydrogens is 272 g/mol. The van der Waals surface area contributed by atoms with Crippen molar-refractivity contribution in [1.29, 1.82) is 0 Å². The van der Waals surface area contributed by atoms with Gasteiger partial charge in [-0.25, -0.2) is 0 Å². The Hall–Kier alpha value is -2.27. The summed E-state index contributed by atoms with van der Waals surface area (Å²) in [6.07, 6.45) is 0. The van der Waals surface area contributed by atoms with Crippen molar-refractivity contribution in [1.82, 2.24) is 0 Å². The maximum atomic E-state index is 3.45. The van der Waals surface area contributed by atoms with Gasteiger partial charge in [-0.1, -0.05) is 24.0 Å². The highest BCUT2D eigenvalue weighted by Crippen LogP contribution is 2.23. The fraction of sp³-hybridized carbons (Fsp3) is 0. The maximum absolute atomic E-state index is 3.45. The first kappa shape index (κ1) is 12.8. The lowest BCUT2D eigenvalue weighted by atomic mass is 10.0. The second-order valence-corrected chi connectivity index (χ2v) is 5.52. The molecule has 3 aromatic rings. The van der Waals surface area contributed by atoms with Crippen LogP contribution >= 0.6 is 0 Å². The minimum absolute atomic E-state index is 0.901. The van der Waals surface area contributed by atoms with Crippen LogP contribution in [-0.4, -0.2) is 20.5 Å². The summed E-state index contributed by atoms with van der Waals surface area (Å²) in [4.78, 5) is 0. The van der Waals surface area contributed by atoms with Crippen LogP contribution in [0.1, 0.15) is 11.1 Å². The van der Waals surface area contributed by atoms with Crippen LogP contribution in [-0.2, 0) is 0 Å². The van der Waals surface area contributed by atoms with Gasteiger partial charge in [0.1, 0.15) is 0 Å². The summed E-state index contributed by atoms with van der Waals surface area (Å²) in [5.74, 6) is 6.27. The van der Waals surface area contributed by atoms with E-state index in [1.54, 1.807) is 0 Å². The highest BCUT2D eigenvalue weighted by Gasteiger charge is 2.01. The first-order valence-corrected chi connectivity index (χ1v) is 8.48. The van der Waals surface area contributed by atoms with E-state index in [9.17, 15) is 0 Å². The summed E-state index contributed by atoms with van der Waals surface area (Å²) in [5, 5.41) is 4.29. The van der Waals surface area contributed by atoms with E-state index in [0.29, 0.717) is 0 Å². The van der Waals surface area contributed by atoms with Crippen molar-refractivity contribution in [3.8, 4) is 22.9 Å². The van der Waals surface area contributed by atoms with Crippen molar-refractivity contribution < 1.29 is 0 Å². The van der Waals surface area contributed by atoms with Crippen LogP contribution < -0.4 is 0 Å². The van der Waals surface area contributed by atoms with Gasteiger partial charge in [-0.3, -0.25) is 0 Å². The zero-order valence-electron chi connectivity index (χ0n) is 11.5. The van der Waals surface area contributed by atoms with Crippen LogP contribution in [0.5, 0.6) is 0 Å². The maximum Gasteiger partial charge on any atom is 0.0911 e. The Morgan fingerprint density at radius 3 is 1.50 bits per heavy atom. The lowest BCUT2D eigenvalue weighted by Crippen LogP contribution is -1.82. The topological polar surface area (TPSA) is 0 Å². The molecule has 20 heavy (non-hydrogen) atoms. The molecule has 0 saturated carbocycles. The predicted molar refractivity (Wildman–Crippen MR) is 92.8 cm³/mol. The second kappa shape index (κ2) is 5.39. The van der Waals surface area contributed by atoms with Crippen molar-refractivity contribution >= 4 is 42.0 Å². The van der Waals surface area contributed by atoms with Crippen LogP contribution in [0.3, 0.4) is 0 Å². The molecule has 3 aromatic carbocycles. The van der Waals surface area contributed by atoms with Gasteiger partial charge < -0.3 is 0 Å². The van der Waals surface area contributed by atoms with E-state index in [2.05, 4.69) is 59.3 Å². The molecule has 2 radical (unpaired) electrons. The monoisotopic (exact) mass is 284 g/mol. The highest BCUT2D eigenvalue weighted by molar-refractivity contribution is 6.22. The van der Waals surface area contributed by atoms with Gasteiger partial charge in [0.2, 0.25) is 0 Å². The molecule has 0 spiro atoms. The molecule has 0 atom stereocenters. The lowest BCUT2D eigenvalue weighted by Gasteiger charge is -2.03. The van der Waals surface area contributed by atoms with Gasteiger partial charge in [0, 0.05) is 11.1 Å². The third kappa shape index (κ3) is 2.40. The molecule has 0 saturated heterocycles. The van der Waals surface area contributed by atoms with E-state index >= 15 is 0 Å². The van der Waals surface area contributed by atoms with E-state index < -0.39 is 0 Å². The van der Waals surface area contributed by atoms with Crippen molar-refractivity contribution in [3.63, 3.8) is 0 Å². The highest BCUT2D eigenvalue weighted by atomic mass is 28.1. The van der Waals surface area contributed by atoms with E-state index in [1.165, 1.54) is 0 Å². The Kier molecular flexibility index (Phi) is 3.43. The predicted octanol–water partition coefficient (Wildman–Crippen LogP) is 0.942. The molecule has 0 N–H and O–H groups in total. The molecule has 0 amide bonds. The molecule has 0 unspecified atom stereocenters. The summed E-state index contributed by atoms with van der Waals surface area (Å²) in [6.45, 7) is 0. The van der Waals surface area contributed by atoms with Gasteiger partial charge in [-0.05, 0) is 57.9 Å². The molecule has 0 fully saturated rings. The first-order chi connectivity index (χ1) is 9.80. The molecular formula is C18H12Si2. The minimum atomic E-state index is 0.901. The van der Waals surface area contributed by atoms with Crippen LogP contribution in [0.15, 0.2) is 36.4 Å². The second-order valence-electron chi connectivity index (χ2n) is 4.52. The van der Waals surface area contributed by atoms with Crippen LogP contribution in [0, 0.1) is 35.1 Å². The van der Waals surface area contributed by atoms with Gasteiger partial charge in [0.15, 0.2) is 0 Å². The van der Waals surface area contributed by atoms with E-state index in [1.807, 2.05) is 12.1 Å². The van der Waals surface area contributed by atoms with Crippen LogP contribution in [0.25, 0.3) is 21.5 Å². The minimum Gasteiger partial charge on any atom is -0.138 e. The van der Waals surface area contributed by atoms with Gasteiger partial charge in [-0.2, -0.15) is 0 Å². The summed E-state index contributed by atoms with van der Waals surface area (Å²) in [7, 11) is 1.80.